The number of carboxylic acids is 1. The van der Waals surface area contributed by atoms with Gasteiger partial charge in [-0.1, -0.05) is 48.5 Å². The number of fused-ring (bicyclic) bond motifs is 3. The average molecular weight is 472 g/mol. The van der Waals surface area contributed by atoms with Crippen molar-refractivity contribution in [2.24, 2.45) is 5.92 Å². The van der Waals surface area contributed by atoms with Crippen LogP contribution >= 0.6 is 0 Å². The van der Waals surface area contributed by atoms with E-state index in [1.54, 1.807) is 0 Å². The van der Waals surface area contributed by atoms with E-state index >= 15 is 0 Å². The maximum Gasteiger partial charge on any atom is 0.407 e. The number of hydrogen-bond donors (Lipinski definition) is 3. The number of carbonyl (C=O) groups excluding carboxylic acids is 2. The molecule has 1 fully saturated rings. The maximum atomic E-state index is 12.4. The van der Waals surface area contributed by atoms with Crippen LogP contribution in [0.3, 0.4) is 0 Å². The number of carbonyl (C=O) groups is 3. The molecule has 0 atom stereocenters. The van der Waals surface area contributed by atoms with Crippen LogP contribution in [-0.2, 0) is 16.1 Å². The van der Waals surface area contributed by atoms with Crippen LogP contribution in [0.25, 0.3) is 11.1 Å². The Labute approximate surface area is 202 Å². The highest BCUT2D eigenvalue weighted by atomic mass is 16.5. The smallest absolute Gasteiger partial charge is 0.407 e. The van der Waals surface area contributed by atoms with Crippen LogP contribution < -0.4 is 10.6 Å². The maximum absolute atomic E-state index is 12.4. The van der Waals surface area contributed by atoms with Crippen molar-refractivity contribution in [3.63, 3.8) is 0 Å². The molecule has 5 rings (SSSR count). The van der Waals surface area contributed by atoms with Crippen LogP contribution in [0.4, 0.5) is 4.79 Å². The Morgan fingerprint density at radius 3 is 2.29 bits per heavy atom. The molecule has 3 aromatic rings. The number of hydrogen-bond acceptors (Lipinski definition) is 5. The summed E-state index contributed by atoms with van der Waals surface area (Å²) in [5.74, 6) is -1.39. The van der Waals surface area contributed by atoms with Crippen LogP contribution in [0.1, 0.15) is 45.9 Å². The van der Waals surface area contributed by atoms with E-state index < -0.39 is 12.1 Å². The third kappa shape index (κ3) is 4.73. The summed E-state index contributed by atoms with van der Waals surface area (Å²) in [7, 11) is 0. The quantitative estimate of drug-likeness (QED) is 0.484. The van der Waals surface area contributed by atoms with Gasteiger partial charge in [-0.05, 0) is 47.2 Å². The van der Waals surface area contributed by atoms with Gasteiger partial charge < -0.3 is 20.5 Å². The lowest BCUT2D eigenvalue weighted by molar-refractivity contribution is -0.128. The standard InChI is InChI=1S/C27H25N3O5/c31-25(29-14-19-11-16(26(32)33)9-10-28-19)17-12-18(13-17)30-27(34)35-15-24-22-7-3-1-5-20(22)21-6-2-4-8-23(21)24/h1-11,17-18,24H,12-15H2,(H,29,31)(H,30,34)(H,32,33). The third-order valence-corrected chi connectivity index (χ3v) is 6.68. The molecule has 0 aliphatic heterocycles. The molecule has 8 nitrogen and oxygen atoms in total. The Bertz CT molecular complexity index is 1240. The van der Waals surface area contributed by atoms with Gasteiger partial charge in [0.05, 0.1) is 17.8 Å². The SMILES string of the molecule is O=C(NC1CC(C(=O)NCc2cc(C(=O)O)ccn2)C1)OCC1c2ccccc2-c2ccccc21. The molecule has 0 bridgehead atoms. The number of carboxylic acid groups (broad SMARTS) is 1. The molecule has 1 heterocycles. The number of alkyl carbamates (subject to hydrolysis) is 1. The van der Waals surface area contributed by atoms with Gasteiger partial charge >= 0.3 is 12.1 Å². The second-order valence-corrected chi connectivity index (χ2v) is 8.89. The minimum Gasteiger partial charge on any atom is -0.478 e. The lowest BCUT2D eigenvalue weighted by Gasteiger charge is -2.34. The van der Waals surface area contributed by atoms with E-state index in [1.807, 2.05) is 24.3 Å². The van der Waals surface area contributed by atoms with E-state index in [9.17, 15) is 14.4 Å². The molecule has 0 saturated heterocycles. The summed E-state index contributed by atoms with van der Waals surface area (Å²) in [6.45, 7) is 0.403. The van der Waals surface area contributed by atoms with Crippen molar-refractivity contribution in [3.8, 4) is 11.1 Å². The second kappa shape index (κ2) is 9.58. The molecule has 2 amide bonds. The molecule has 2 aromatic carbocycles. The van der Waals surface area contributed by atoms with Crippen LogP contribution in [-0.4, -0.2) is 40.7 Å². The Kier molecular flexibility index (Phi) is 6.18. The molecule has 2 aliphatic carbocycles. The molecule has 0 unspecified atom stereocenters. The molecule has 3 N–H and O–H groups in total. The average Bonchev–Trinajstić information content (AvgIpc) is 3.17. The zero-order chi connectivity index (χ0) is 24.4. The summed E-state index contributed by atoms with van der Waals surface area (Å²) in [4.78, 5) is 39.9. The van der Waals surface area contributed by atoms with E-state index in [0.717, 1.165) is 11.1 Å². The normalized spacial score (nSPS) is 18.1. The highest BCUT2D eigenvalue weighted by Crippen LogP contribution is 2.44. The van der Waals surface area contributed by atoms with Gasteiger partial charge in [-0.2, -0.15) is 0 Å². The molecule has 178 valence electrons. The highest BCUT2D eigenvalue weighted by Gasteiger charge is 2.36. The number of aromatic carboxylic acids is 1. The van der Waals surface area contributed by atoms with Crippen molar-refractivity contribution in [2.75, 3.05) is 6.61 Å². The zero-order valence-electron chi connectivity index (χ0n) is 18.9. The van der Waals surface area contributed by atoms with Gasteiger partial charge in [-0.3, -0.25) is 9.78 Å². The van der Waals surface area contributed by atoms with Crippen molar-refractivity contribution in [3.05, 3.63) is 89.2 Å². The Balaban J connectivity index is 1.07. The molecule has 0 radical (unpaired) electrons. The predicted molar refractivity (Wildman–Crippen MR) is 128 cm³/mol. The Morgan fingerprint density at radius 1 is 0.971 bits per heavy atom. The molecular weight excluding hydrogens is 446 g/mol. The zero-order valence-corrected chi connectivity index (χ0v) is 18.9. The number of amides is 2. The predicted octanol–water partition coefficient (Wildman–Crippen LogP) is 3.71. The molecular formula is C27H25N3O5. The summed E-state index contributed by atoms with van der Waals surface area (Å²) in [5.41, 5.74) is 5.27. The molecule has 8 heteroatoms. The molecule has 2 aliphatic rings. The Morgan fingerprint density at radius 2 is 1.63 bits per heavy atom. The first-order valence-corrected chi connectivity index (χ1v) is 11.6. The van der Waals surface area contributed by atoms with Gasteiger partial charge in [-0.15, -0.1) is 0 Å². The van der Waals surface area contributed by atoms with E-state index in [2.05, 4.69) is 39.9 Å². The van der Waals surface area contributed by atoms with Crippen LogP contribution in [0.15, 0.2) is 66.9 Å². The number of nitrogens with one attached hydrogen (secondary N) is 2. The third-order valence-electron chi connectivity index (χ3n) is 6.68. The van der Waals surface area contributed by atoms with Crippen molar-refractivity contribution in [1.82, 2.24) is 15.6 Å². The highest BCUT2D eigenvalue weighted by molar-refractivity contribution is 5.87. The minimum atomic E-state index is -1.04. The van der Waals surface area contributed by atoms with E-state index in [1.165, 1.54) is 29.5 Å². The Hall–Kier alpha value is -4.20. The summed E-state index contributed by atoms with van der Waals surface area (Å²) in [6, 6.07) is 19.1. The van der Waals surface area contributed by atoms with Gasteiger partial charge in [0.1, 0.15) is 6.61 Å². The number of pyridine rings is 1. The van der Waals surface area contributed by atoms with E-state index in [0.29, 0.717) is 18.5 Å². The van der Waals surface area contributed by atoms with Crippen LogP contribution in [0.5, 0.6) is 0 Å². The van der Waals surface area contributed by atoms with Crippen LogP contribution in [0.2, 0.25) is 0 Å². The first-order valence-electron chi connectivity index (χ1n) is 11.6. The fourth-order valence-electron chi connectivity index (χ4n) is 4.79. The lowest BCUT2D eigenvalue weighted by Crippen LogP contribution is -2.49. The van der Waals surface area contributed by atoms with Gasteiger partial charge in [0.25, 0.3) is 0 Å². The first-order chi connectivity index (χ1) is 17.0. The van der Waals surface area contributed by atoms with E-state index in [4.69, 9.17) is 9.84 Å². The summed E-state index contributed by atoms with van der Waals surface area (Å²) < 4.78 is 5.57. The summed E-state index contributed by atoms with van der Waals surface area (Å²) in [5, 5.41) is 14.7. The number of nitrogens with zero attached hydrogens (tertiary/aromatic N) is 1. The number of rotatable bonds is 7. The first kappa shape index (κ1) is 22.6. The largest absolute Gasteiger partial charge is 0.478 e. The van der Waals surface area contributed by atoms with Gasteiger partial charge in [0.15, 0.2) is 0 Å². The summed E-state index contributed by atoms with van der Waals surface area (Å²) >= 11 is 0. The van der Waals surface area contributed by atoms with Gasteiger partial charge in [0, 0.05) is 24.1 Å². The van der Waals surface area contributed by atoms with Crippen molar-refractivity contribution in [2.45, 2.75) is 31.3 Å². The van der Waals surface area contributed by atoms with Crippen molar-refractivity contribution < 1.29 is 24.2 Å². The van der Waals surface area contributed by atoms with Crippen molar-refractivity contribution in [1.29, 1.82) is 0 Å². The monoisotopic (exact) mass is 471 g/mol. The molecule has 1 aromatic heterocycles. The fraction of sp³-hybridized carbons (Fsp3) is 0.259. The molecule has 0 spiro atoms. The van der Waals surface area contributed by atoms with E-state index in [-0.39, 0.29) is 42.5 Å². The number of aromatic nitrogens is 1. The van der Waals surface area contributed by atoms with Crippen molar-refractivity contribution >= 4 is 18.0 Å². The molecule has 35 heavy (non-hydrogen) atoms. The number of ether oxygens (including phenoxy) is 1. The second-order valence-electron chi connectivity index (χ2n) is 8.89. The minimum absolute atomic E-state index is 0.00121. The van der Waals surface area contributed by atoms with Gasteiger partial charge in [-0.25, -0.2) is 9.59 Å². The van der Waals surface area contributed by atoms with Gasteiger partial charge in [0.2, 0.25) is 5.91 Å². The fourth-order valence-corrected chi connectivity index (χ4v) is 4.79. The molecule has 1 saturated carbocycles. The lowest BCUT2D eigenvalue weighted by atomic mass is 9.79. The number of benzene rings is 2. The van der Waals surface area contributed by atoms with Crippen LogP contribution in [0, 0.1) is 5.92 Å². The summed E-state index contributed by atoms with van der Waals surface area (Å²) in [6.07, 6.45) is 1.98. The topological polar surface area (TPSA) is 118 Å².